The van der Waals surface area contributed by atoms with Crippen molar-refractivity contribution in [1.29, 1.82) is 0 Å². The number of anilines is 3. The number of rotatable bonds is 6. The summed E-state index contributed by atoms with van der Waals surface area (Å²) in [6.45, 7) is 0. The summed E-state index contributed by atoms with van der Waals surface area (Å²) < 4.78 is 18.0. The Morgan fingerprint density at radius 3 is 1.86 bits per heavy atom. The van der Waals surface area contributed by atoms with Gasteiger partial charge in [0.05, 0.1) is 22.4 Å². The third-order valence-corrected chi connectivity index (χ3v) is 14.4. The maximum atomic E-state index is 6.66. The molecular weight excluding hydrogens is 813 g/mol. The number of para-hydroxylation sites is 4. The molecule has 0 N–H and O–H groups in total. The average molecular weight is 849 g/mol. The van der Waals surface area contributed by atoms with Crippen LogP contribution in [0.2, 0.25) is 0 Å². The van der Waals surface area contributed by atoms with E-state index in [0.717, 1.165) is 99.7 Å². The average Bonchev–Trinajstić information content (AvgIpc) is 4.13. The largest absolute Gasteiger partial charge is 0.456 e. The van der Waals surface area contributed by atoms with Crippen molar-refractivity contribution in [2.45, 2.75) is 0 Å². The van der Waals surface area contributed by atoms with Gasteiger partial charge in [0.25, 0.3) is 0 Å². The number of fused-ring (bicyclic) bond motifs is 12. The Kier molecular flexibility index (Phi) is 7.82. The van der Waals surface area contributed by atoms with E-state index >= 15 is 0 Å². The molecule has 4 heterocycles. The van der Waals surface area contributed by atoms with Crippen molar-refractivity contribution in [2.24, 2.45) is 0 Å². The zero-order valence-electron chi connectivity index (χ0n) is 34.9. The van der Waals surface area contributed by atoms with Gasteiger partial charge in [-0.2, -0.15) is 0 Å². The predicted molar refractivity (Wildman–Crippen MR) is 274 cm³/mol. The van der Waals surface area contributed by atoms with E-state index in [4.69, 9.17) is 8.83 Å². The van der Waals surface area contributed by atoms with Gasteiger partial charge in [0.2, 0.25) is 0 Å². The van der Waals surface area contributed by atoms with Crippen LogP contribution in [0, 0.1) is 0 Å². The van der Waals surface area contributed by atoms with Crippen molar-refractivity contribution in [3.05, 3.63) is 218 Å². The highest BCUT2D eigenvalue weighted by Gasteiger charge is 2.27. The number of aromatic nitrogens is 1. The molecule has 0 bridgehead atoms. The molecule has 0 amide bonds. The van der Waals surface area contributed by atoms with E-state index in [1.807, 2.05) is 23.5 Å². The summed E-state index contributed by atoms with van der Waals surface area (Å²) >= 11 is 1.86. The second-order valence-corrected chi connectivity index (χ2v) is 17.8. The number of benzene rings is 10. The third kappa shape index (κ3) is 5.43. The Labute approximate surface area is 377 Å². The molecule has 304 valence electrons. The minimum atomic E-state index is 0.839. The van der Waals surface area contributed by atoms with E-state index in [-0.39, 0.29) is 0 Å². The molecule has 0 unspecified atom stereocenters. The van der Waals surface area contributed by atoms with Crippen molar-refractivity contribution in [2.75, 3.05) is 4.90 Å². The number of thiophene rings is 1. The van der Waals surface area contributed by atoms with Gasteiger partial charge in [-0.1, -0.05) is 133 Å². The van der Waals surface area contributed by atoms with Crippen LogP contribution in [0.15, 0.2) is 227 Å². The van der Waals surface area contributed by atoms with Crippen molar-refractivity contribution >= 4 is 114 Å². The van der Waals surface area contributed by atoms with Crippen LogP contribution < -0.4 is 4.90 Å². The molecule has 0 saturated heterocycles. The first-order chi connectivity index (χ1) is 32.2. The van der Waals surface area contributed by atoms with E-state index in [0.29, 0.717) is 0 Å². The van der Waals surface area contributed by atoms with Gasteiger partial charge in [-0.15, -0.1) is 11.3 Å². The molecule has 0 fully saturated rings. The summed E-state index contributed by atoms with van der Waals surface area (Å²) in [7, 11) is 0. The number of furan rings is 2. The van der Waals surface area contributed by atoms with E-state index in [2.05, 4.69) is 216 Å². The lowest BCUT2D eigenvalue weighted by Crippen LogP contribution is -2.12. The highest BCUT2D eigenvalue weighted by molar-refractivity contribution is 7.26. The molecular formula is C60H36N2O2S. The second-order valence-electron chi connectivity index (χ2n) is 16.8. The highest BCUT2D eigenvalue weighted by atomic mass is 32.1. The first-order valence-electron chi connectivity index (χ1n) is 22.0. The topological polar surface area (TPSA) is 34.5 Å². The standard InChI is InChI=1S/C60H36N2O2S/c1-2-15-38(16-3-1)61-49-24-8-4-20-47(49)59-51(61)26-14-27-52(59)62(39-32-33-42-40-17-5-9-28-53(40)64-56(42)36-39)50-25-13-21-44(46-23-12-22-45-43-19-7-11-30-57(43)65-60(45)46)58(50)37-31-34-55-48(35-37)41-18-6-10-29-54(41)63-55/h1-36H. The zero-order valence-corrected chi connectivity index (χ0v) is 35.7. The van der Waals surface area contributed by atoms with Gasteiger partial charge in [-0.25, -0.2) is 0 Å². The molecule has 0 spiro atoms. The Morgan fingerprint density at radius 2 is 1.00 bits per heavy atom. The molecule has 5 heteroatoms. The smallest absolute Gasteiger partial charge is 0.137 e. The second kappa shape index (κ2) is 14.1. The van der Waals surface area contributed by atoms with E-state index in [1.54, 1.807) is 0 Å². The molecule has 65 heavy (non-hydrogen) atoms. The van der Waals surface area contributed by atoms with Gasteiger partial charge in [0, 0.05) is 81.1 Å². The van der Waals surface area contributed by atoms with Crippen LogP contribution >= 0.6 is 11.3 Å². The van der Waals surface area contributed by atoms with Gasteiger partial charge in [-0.3, -0.25) is 0 Å². The van der Waals surface area contributed by atoms with Crippen LogP contribution in [0.25, 0.3) is 114 Å². The fraction of sp³-hybridized carbons (Fsp3) is 0. The molecule has 14 aromatic rings. The van der Waals surface area contributed by atoms with E-state index in [9.17, 15) is 0 Å². The lowest BCUT2D eigenvalue weighted by molar-refractivity contribution is 0.668. The summed E-state index contributed by atoms with van der Waals surface area (Å²) in [6, 6.07) is 78.7. The number of nitrogens with zero attached hydrogens (tertiary/aromatic N) is 2. The van der Waals surface area contributed by atoms with Crippen LogP contribution in [0.3, 0.4) is 0 Å². The van der Waals surface area contributed by atoms with Crippen LogP contribution in [0.1, 0.15) is 0 Å². The Bertz CT molecular complexity index is 4210. The molecule has 0 aliphatic heterocycles. The first kappa shape index (κ1) is 36.1. The van der Waals surface area contributed by atoms with Gasteiger partial charge in [0.15, 0.2) is 0 Å². The Balaban J connectivity index is 1.12. The Hall–Kier alpha value is -8.38. The molecule has 0 aliphatic rings. The maximum absolute atomic E-state index is 6.66. The molecule has 10 aromatic carbocycles. The lowest BCUT2D eigenvalue weighted by Gasteiger charge is -2.30. The Morgan fingerprint density at radius 1 is 0.385 bits per heavy atom. The highest BCUT2D eigenvalue weighted by Crippen LogP contribution is 2.52. The van der Waals surface area contributed by atoms with Crippen LogP contribution in [-0.2, 0) is 0 Å². The van der Waals surface area contributed by atoms with Crippen molar-refractivity contribution in [1.82, 2.24) is 4.57 Å². The maximum Gasteiger partial charge on any atom is 0.137 e. The van der Waals surface area contributed by atoms with Crippen LogP contribution in [0.4, 0.5) is 17.1 Å². The van der Waals surface area contributed by atoms with Crippen molar-refractivity contribution in [3.8, 4) is 27.9 Å². The number of hydrogen-bond donors (Lipinski definition) is 0. The summed E-state index contributed by atoms with van der Waals surface area (Å²) in [5.74, 6) is 0. The zero-order chi connectivity index (χ0) is 42.6. The summed E-state index contributed by atoms with van der Waals surface area (Å²) in [6.07, 6.45) is 0. The quantitative estimate of drug-likeness (QED) is 0.167. The van der Waals surface area contributed by atoms with Crippen LogP contribution in [-0.4, -0.2) is 4.57 Å². The monoisotopic (exact) mass is 848 g/mol. The fourth-order valence-corrected chi connectivity index (χ4v) is 11.6. The van der Waals surface area contributed by atoms with Gasteiger partial charge in [0.1, 0.15) is 22.3 Å². The molecule has 14 rings (SSSR count). The fourth-order valence-electron chi connectivity index (χ4n) is 10.4. The molecule has 0 atom stereocenters. The SMILES string of the molecule is c1ccc(-n2c3ccccc3c3c(N(c4ccc5c(c4)oc4ccccc45)c4cccc(-c5cccc6c5sc5ccccc56)c4-c4ccc5oc6ccccc6c5c4)cccc32)cc1. The molecule has 0 aliphatic carbocycles. The molecule has 4 aromatic heterocycles. The van der Waals surface area contributed by atoms with Crippen LogP contribution in [0.5, 0.6) is 0 Å². The van der Waals surface area contributed by atoms with Gasteiger partial charge >= 0.3 is 0 Å². The summed E-state index contributed by atoms with van der Waals surface area (Å²) in [5.41, 5.74) is 14.5. The predicted octanol–water partition coefficient (Wildman–Crippen LogP) is 17.8. The minimum absolute atomic E-state index is 0.839. The lowest BCUT2D eigenvalue weighted by atomic mass is 9.90. The van der Waals surface area contributed by atoms with Crippen molar-refractivity contribution in [3.63, 3.8) is 0 Å². The van der Waals surface area contributed by atoms with E-state index < -0.39 is 0 Å². The minimum Gasteiger partial charge on any atom is -0.456 e. The number of hydrogen-bond acceptors (Lipinski definition) is 4. The van der Waals surface area contributed by atoms with Gasteiger partial charge < -0.3 is 18.3 Å². The normalized spacial score (nSPS) is 12.0. The third-order valence-electron chi connectivity index (χ3n) is 13.2. The molecule has 0 radical (unpaired) electrons. The van der Waals surface area contributed by atoms with Gasteiger partial charge in [-0.05, 0) is 90.0 Å². The first-order valence-corrected chi connectivity index (χ1v) is 22.8. The molecule has 4 nitrogen and oxygen atoms in total. The summed E-state index contributed by atoms with van der Waals surface area (Å²) in [5, 5.41) is 9.26. The molecule has 0 saturated carbocycles. The van der Waals surface area contributed by atoms with Crippen molar-refractivity contribution < 1.29 is 8.83 Å². The van der Waals surface area contributed by atoms with E-state index in [1.165, 1.54) is 31.1 Å². The summed E-state index contributed by atoms with van der Waals surface area (Å²) in [4.78, 5) is 2.47.